The molecule has 0 bridgehead atoms. The average Bonchev–Trinajstić information content (AvgIpc) is 2.59. The molecule has 0 saturated heterocycles. The van der Waals surface area contributed by atoms with Crippen LogP contribution in [0, 0.1) is 0 Å². The highest BCUT2D eigenvalue weighted by Crippen LogP contribution is 2.39. The first-order valence-electron chi connectivity index (χ1n) is 7.96. The van der Waals surface area contributed by atoms with Gasteiger partial charge in [-0.25, -0.2) is 8.42 Å². The van der Waals surface area contributed by atoms with E-state index in [9.17, 15) is 21.6 Å². The number of hydrogen-bond donors (Lipinski definition) is 2. The third-order valence-electron chi connectivity index (χ3n) is 4.12. The van der Waals surface area contributed by atoms with Crippen LogP contribution in [0.5, 0.6) is 5.75 Å². The van der Waals surface area contributed by atoms with E-state index < -0.39 is 21.8 Å². The van der Waals surface area contributed by atoms with E-state index in [-0.39, 0.29) is 16.3 Å². The summed E-state index contributed by atoms with van der Waals surface area (Å²) in [5.41, 5.74) is 0.0514. The quantitative estimate of drug-likeness (QED) is 0.691. The molecule has 10 heteroatoms. The summed E-state index contributed by atoms with van der Waals surface area (Å²) in [5.74, 6) is -0.382. The maximum Gasteiger partial charge on any atom is 0.420 e. The number of rotatable bonds is 4. The van der Waals surface area contributed by atoms with E-state index in [0.717, 1.165) is 25.2 Å². The van der Waals surface area contributed by atoms with E-state index in [0.29, 0.717) is 29.2 Å². The van der Waals surface area contributed by atoms with Crippen molar-refractivity contribution in [2.24, 2.45) is 0 Å². The van der Waals surface area contributed by atoms with Crippen molar-refractivity contribution in [3.63, 3.8) is 0 Å². The maximum absolute atomic E-state index is 13.2. The molecule has 1 aliphatic heterocycles. The minimum Gasteiger partial charge on any atom is -0.496 e. The fourth-order valence-corrected chi connectivity index (χ4v) is 4.90. The van der Waals surface area contributed by atoms with Gasteiger partial charge >= 0.3 is 6.18 Å². The molecule has 2 N–H and O–H groups in total. The van der Waals surface area contributed by atoms with Gasteiger partial charge in [-0.05, 0) is 48.7 Å². The maximum atomic E-state index is 13.2. The number of hydrogen-bond acceptors (Lipinski definition) is 4. The van der Waals surface area contributed by atoms with E-state index >= 15 is 0 Å². The van der Waals surface area contributed by atoms with Crippen molar-refractivity contribution >= 4 is 37.3 Å². The normalized spacial score (nSPS) is 14.3. The van der Waals surface area contributed by atoms with Gasteiger partial charge in [0.15, 0.2) is 0 Å². The summed E-state index contributed by atoms with van der Waals surface area (Å²) < 4.78 is 72.8. The molecule has 2 aromatic rings. The molecule has 3 rings (SSSR count). The monoisotopic (exact) mass is 464 g/mol. The van der Waals surface area contributed by atoms with Crippen LogP contribution < -0.4 is 14.8 Å². The number of ether oxygens (including phenoxy) is 1. The zero-order valence-corrected chi connectivity index (χ0v) is 16.6. The first-order valence-corrected chi connectivity index (χ1v) is 10.2. The summed E-state index contributed by atoms with van der Waals surface area (Å²) >= 11 is 3.29. The van der Waals surface area contributed by atoms with E-state index in [4.69, 9.17) is 4.74 Å². The molecule has 0 atom stereocenters. The van der Waals surface area contributed by atoms with Crippen molar-refractivity contribution in [3.05, 3.63) is 45.9 Å². The van der Waals surface area contributed by atoms with Crippen LogP contribution in [0.2, 0.25) is 0 Å². The van der Waals surface area contributed by atoms with E-state index in [1.165, 1.54) is 12.1 Å². The molecule has 27 heavy (non-hydrogen) atoms. The topological polar surface area (TPSA) is 67.4 Å². The smallest absolute Gasteiger partial charge is 0.420 e. The molecule has 0 saturated carbocycles. The van der Waals surface area contributed by atoms with Crippen molar-refractivity contribution in [1.82, 2.24) is 0 Å². The predicted molar refractivity (Wildman–Crippen MR) is 99.8 cm³/mol. The zero-order chi connectivity index (χ0) is 19.8. The first-order chi connectivity index (χ1) is 12.6. The van der Waals surface area contributed by atoms with Crippen molar-refractivity contribution in [2.45, 2.75) is 23.9 Å². The summed E-state index contributed by atoms with van der Waals surface area (Å²) in [4.78, 5) is -0.0176. The Labute approximate surface area is 163 Å². The van der Waals surface area contributed by atoms with E-state index in [1.807, 2.05) is 6.07 Å². The number of aryl methyl sites for hydroxylation is 1. The van der Waals surface area contributed by atoms with Gasteiger partial charge in [-0.15, -0.1) is 0 Å². The fraction of sp³-hybridized carbons (Fsp3) is 0.294. The van der Waals surface area contributed by atoms with Crippen LogP contribution >= 0.6 is 15.9 Å². The van der Waals surface area contributed by atoms with Crippen LogP contribution in [0.1, 0.15) is 17.5 Å². The fourth-order valence-electron chi connectivity index (χ4n) is 2.94. The van der Waals surface area contributed by atoms with Gasteiger partial charge in [0, 0.05) is 16.7 Å². The average molecular weight is 465 g/mol. The number of fused-ring (bicyclic) bond motifs is 1. The second-order valence-electron chi connectivity index (χ2n) is 5.99. The van der Waals surface area contributed by atoms with Gasteiger partial charge in [0.25, 0.3) is 10.0 Å². The summed E-state index contributed by atoms with van der Waals surface area (Å²) in [7, 11) is -2.99. The van der Waals surface area contributed by atoms with Gasteiger partial charge in [-0.1, -0.05) is 15.9 Å². The van der Waals surface area contributed by atoms with Crippen LogP contribution in [0.25, 0.3) is 0 Å². The van der Waals surface area contributed by atoms with Gasteiger partial charge in [0.2, 0.25) is 0 Å². The number of anilines is 2. The van der Waals surface area contributed by atoms with Crippen LogP contribution in [-0.4, -0.2) is 22.1 Å². The number of alkyl halides is 3. The second-order valence-corrected chi connectivity index (χ2v) is 8.55. The molecule has 1 aliphatic rings. The van der Waals surface area contributed by atoms with E-state index in [1.54, 1.807) is 0 Å². The molecule has 0 amide bonds. The Bertz CT molecular complexity index is 978. The van der Waals surface area contributed by atoms with Crippen molar-refractivity contribution in [3.8, 4) is 5.75 Å². The summed E-state index contributed by atoms with van der Waals surface area (Å²) in [6.07, 6.45) is -3.10. The minimum absolute atomic E-state index is 0.0176. The molecule has 0 unspecified atom stereocenters. The standard InChI is InChI=1S/C17H16BrF3N2O3S/c1-26-14-5-4-12(9-13(14)17(19,20)21)23-27(24,25)15-8-11(18)7-10-3-2-6-22-16(10)15/h4-5,7-9,22-23H,2-3,6H2,1H3. The molecule has 1 heterocycles. The number of sulfonamides is 1. The van der Waals surface area contributed by atoms with Crippen LogP contribution in [0.4, 0.5) is 24.5 Å². The molecule has 2 aromatic carbocycles. The lowest BCUT2D eigenvalue weighted by Gasteiger charge is -2.22. The molecule has 0 aromatic heterocycles. The Morgan fingerprint density at radius 3 is 2.63 bits per heavy atom. The SMILES string of the molecule is COc1ccc(NS(=O)(=O)c2cc(Br)cc3c2NCCC3)cc1C(F)(F)F. The third kappa shape index (κ3) is 4.16. The molecule has 0 radical (unpaired) electrons. The Hall–Kier alpha value is -1.94. The minimum atomic E-state index is -4.68. The van der Waals surface area contributed by atoms with Gasteiger partial charge < -0.3 is 10.1 Å². The molecule has 0 spiro atoms. The Morgan fingerprint density at radius 2 is 1.96 bits per heavy atom. The summed E-state index contributed by atoms with van der Waals surface area (Å²) in [6, 6.07) is 6.27. The summed E-state index contributed by atoms with van der Waals surface area (Å²) in [5, 5.41) is 3.06. The number of methoxy groups -OCH3 is 1. The van der Waals surface area contributed by atoms with Crippen LogP contribution in [0.15, 0.2) is 39.7 Å². The van der Waals surface area contributed by atoms with E-state index in [2.05, 4.69) is 26.0 Å². The Balaban J connectivity index is 2.02. The van der Waals surface area contributed by atoms with Crippen molar-refractivity contribution < 1.29 is 26.3 Å². The first kappa shape index (κ1) is 19.8. The third-order valence-corrected chi connectivity index (χ3v) is 5.98. The highest BCUT2D eigenvalue weighted by Gasteiger charge is 2.35. The van der Waals surface area contributed by atoms with Gasteiger partial charge in [0.1, 0.15) is 10.6 Å². The van der Waals surface area contributed by atoms with Gasteiger partial charge in [0.05, 0.1) is 18.4 Å². The Kier molecular flexibility index (Phi) is 5.31. The van der Waals surface area contributed by atoms with Crippen LogP contribution in [0.3, 0.4) is 0 Å². The summed E-state index contributed by atoms with van der Waals surface area (Å²) in [6.45, 7) is 0.623. The molecular weight excluding hydrogens is 449 g/mol. The molecule has 146 valence electrons. The highest BCUT2D eigenvalue weighted by atomic mass is 79.9. The second kappa shape index (κ2) is 7.23. The largest absolute Gasteiger partial charge is 0.496 e. The van der Waals surface area contributed by atoms with Crippen molar-refractivity contribution in [1.29, 1.82) is 0 Å². The lowest BCUT2D eigenvalue weighted by Crippen LogP contribution is -2.20. The zero-order valence-electron chi connectivity index (χ0n) is 14.2. The number of halogens is 4. The molecule has 0 aliphatic carbocycles. The molecule has 5 nitrogen and oxygen atoms in total. The predicted octanol–water partition coefficient (Wildman–Crippen LogP) is 4.64. The lowest BCUT2D eigenvalue weighted by atomic mass is 10.0. The van der Waals surface area contributed by atoms with Crippen molar-refractivity contribution in [2.75, 3.05) is 23.7 Å². The molecular formula is C17H16BrF3N2O3S. The van der Waals surface area contributed by atoms with Gasteiger partial charge in [-0.2, -0.15) is 13.2 Å². The highest BCUT2D eigenvalue weighted by molar-refractivity contribution is 9.10. The van der Waals surface area contributed by atoms with Crippen LogP contribution in [-0.2, 0) is 22.6 Å². The Morgan fingerprint density at radius 1 is 1.22 bits per heavy atom. The van der Waals surface area contributed by atoms with Gasteiger partial charge in [-0.3, -0.25) is 4.72 Å². The molecule has 0 fully saturated rings. The number of nitrogens with one attached hydrogen (secondary N) is 2. The lowest BCUT2D eigenvalue weighted by molar-refractivity contribution is -0.138. The number of benzene rings is 2.